The second kappa shape index (κ2) is 8.97. The zero-order valence-corrected chi connectivity index (χ0v) is 15.4. The molecule has 0 amide bonds. The highest BCUT2D eigenvalue weighted by Gasteiger charge is 2.17. The van der Waals surface area contributed by atoms with E-state index in [0.29, 0.717) is 10.8 Å². The first kappa shape index (κ1) is 19.4. The molecule has 5 nitrogen and oxygen atoms in total. The van der Waals surface area contributed by atoms with E-state index in [2.05, 4.69) is 0 Å². The number of benzene rings is 2. The minimum atomic E-state index is -0.419. The molecule has 0 saturated carbocycles. The Morgan fingerprint density at radius 1 is 1.00 bits per heavy atom. The third kappa shape index (κ3) is 4.58. The molecule has 0 aliphatic carbocycles. The van der Waals surface area contributed by atoms with E-state index in [4.69, 9.17) is 25.8 Å². The van der Waals surface area contributed by atoms with Crippen LogP contribution in [0.5, 0.6) is 23.0 Å². The number of carbonyl (C=O) groups is 1. The third-order valence-corrected chi connectivity index (χ3v) is 3.96. The Morgan fingerprint density at radius 3 is 2.23 bits per heavy atom. The SMILES string of the molecule is COc1ccc(/C(Cl)=C/C=C/C(=O)c2c(O)cc(OC)cc2OC)cc1. The van der Waals surface area contributed by atoms with Gasteiger partial charge in [-0.15, -0.1) is 0 Å². The topological polar surface area (TPSA) is 65.0 Å². The summed E-state index contributed by atoms with van der Waals surface area (Å²) >= 11 is 6.23. The lowest BCUT2D eigenvalue weighted by Gasteiger charge is -2.10. The smallest absolute Gasteiger partial charge is 0.193 e. The number of hydrogen-bond donors (Lipinski definition) is 1. The van der Waals surface area contributed by atoms with Gasteiger partial charge < -0.3 is 19.3 Å². The summed E-state index contributed by atoms with van der Waals surface area (Å²) in [6, 6.07) is 10.1. The molecular weight excluding hydrogens is 356 g/mol. The van der Waals surface area contributed by atoms with Crippen molar-refractivity contribution in [1.29, 1.82) is 0 Å². The molecule has 0 aliphatic heterocycles. The first-order valence-corrected chi connectivity index (χ1v) is 8.05. The average molecular weight is 375 g/mol. The quantitative estimate of drug-likeness (QED) is 0.441. The van der Waals surface area contributed by atoms with Gasteiger partial charge in [0.25, 0.3) is 0 Å². The van der Waals surface area contributed by atoms with Crippen molar-refractivity contribution in [1.82, 2.24) is 0 Å². The average Bonchev–Trinajstić information content (AvgIpc) is 2.66. The van der Waals surface area contributed by atoms with E-state index >= 15 is 0 Å². The van der Waals surface area contributed by atoms with Gasteiger partial charge in [0.15, 0.2) is 5.78 Å². The summed E-state index contributed by atoms with van der Waals surface area (Å²) in [6.45, 7) is 0. The van der Waals surface area contributed by atoms with Crippen molar-refractivity contribution in [3.63, 3.8) is 0 Å². The van der Waals surface area contributed by atoms with Crippen LogP contribution in [0, 0.1) is 0 Å². The molecule has 136 valence electrons. The van der Waals surface area contributed by atoms with Gasteiger partial charge in [-0.3, -0.25) is 4.79 Å². The predicted octanol–water partition coefficient (Wildman–Crippen LogP) is 4.44. The first-order chi connectivity index (χ1) is 12.5. The maximum Gasteiger partial charge on any atom is 0.193 e. The monoisotopic (exact) mass is 374 g/mol. The van der Waals surface area contributed by atoms with Gasteiger partial charge in [0.2, 0.25) is 0 Å². The van der Waals surface area contributed by atoms with Crippen LogP contribution in [0.25, 0.3) is 5.03 Å². The van der Waals surface area contributed by atoms with Gasteiger partial charge in [0, 0.05) is 17.2 Å². The summed E-state index contributed by atoms with van der Waals surface area (Å²) in [7, 11) is 4.46. The number of hydrogen-bond acceptors (Lipinski definition) is 5. The van der Waals surface area contributed by atoms with E-state index in [1.165, 1.54) is 38.5 Å². The number of methoxy groups -OCH3 is 3. The van der Waals surface area contributed by atoms with Crippen molar-refractivity contribution >= 4 is 22.4 Å². The number of rotatable bonds is 7. The van der Waals surface area contributed by atoms with Crippen molar-refractivity contribution in [2.75, 3.05) is 21.3 Å². The molecule has 0 unspecified atom stereocenters. The molecule has 0 atom stereocenters. The number of phenols is 1. The summed E-state index contributed by atoms with van der Waals surface area (Å²) in [4.78, 5) is 12.4. The van der Waals surface area contributed by atoms with Crippen molar-refractivity contribution in [3.8, 4) is 23.0 Å². The van der Waals surface area contributed by atoms with E-state index in [9.17, 15) is 9.90 Å². The van der Waals surface area contributed by atoms with Crippen LogP contribution in [-0.2, 0) is 0 Å². The number of ether oxygens (including phenoxy) is 3. The molecule has 0 fully saturated rings. The number of halogens is 1. The standard InChI is InChI=1S/C20H19ClO5/c1-24-14-9-7-13(8-10-14)16(21)5-4-6-17(22)20-18(23)11-15(25-2)12-19(20)26-3/h4-12,23H,1-3H3/b6-4+,16-5-. The summed E-state index contributed by atoms with van der Waals surface area (Å²) in [6.07, 6.45) is 4.41. The molecule has 0 aliphatic rings. The van der Waals surface area contributed by atoms with Crippen molar-refractivity contribution < 1.29 is 24.1 Å². The Hall–Kier alpha value is -2.92. The Kier molecular flexibility index (Phi) is 6.69. The normalized spacial score (nSPS) is 11.5. The van der Waals surface area contributed by atoms with Crippen molar-refractivity contribution in [2.45, 2.75) is 0 Å². The number of phenolic OH excluding ortho intramolecular Hbond substituents is 1. The molecule has 2 aromatic carbocycles. The Labute approximate surface area is 157 Å². The summed E-state index contributed by atoms with van der Waals surface area (Å²) < 4.78 is 15.3. The summed E-state index contributed by atoms with van der Waals surface area (Å²) in [5, 5.41) is 10.5. The van der Waals surface area contributed by atoms with Gasteiger partial charge in [-0.25, -0.2) is 0 Å². The van der Waals surface area contributed by atoms with Crippen LogP contribution in [-0.4, -0.2) is 32.2 Å². The highest BCUT2D eigenvalue weighted by molar-refractivity contribution is 6.48. The highest BCUT2D eigenvalue weighted by Crippen LogP contribution is 2.33. The maximum atomic E-state index is 12.4. The van der Waals surface area contributed by atoms with Crippen LogP contribution in [0.15, 0.2) is 54.6 Å². The van der Waals surface area contributed by atoms with Crippen molar-refractivity contribution in [3.05, 3.63) is 65.8 Å². The molecule has 0 spiro atoms. The molecule has 26 heavy (non-hydrogen) atoms. The van der Waals surface area contributed by atoms with Gasteiger partial charge in [-0.1, -0.05) is 17.7 Å². The van der Waals surface area contributed by atoms with Gasteiger partial charge in [0.1, 0.15) is 28.6 Å². The van der Waals surface area contributed by atoms with Crippen LogP contribution >= 0.6 is 11.6 Å². The van der Waals surface area contributed by atoms with Gasteiger partial charge in [0.05, 0.1) is 21.3 Å². The highest BCUT2D eigenvalue weighted by atomic mass is 35.5. The minimum absolute atomic E-state index is 0.0542. The fourth-order valence-corrected chi connectivity index (χ4v) is 2.45. The second-order valence-corrected chi connectivity index (χ2v) is 5.60. The van der Waals surface area contributed by atoms with E-state index < -0.39 is 5.78 Å². The fraction of sp³-hybridized carbons (Fsp3) is 0.150. The molecule has 2 aromatic rings. The maximum absolute atomic E-state index is 12.4. The van der Waals surface area contributed by atoms with Gasteiger partial charge >= 0.3 is 0 Å². The zero-order valence-electron chi connectivity index (χ0n) is 14.7. The lowest BCUT2D eigenvalue weighted by Crippen LogP contribution is -2.00. The second-order valence-electron chi connectivity index (χ2n) is 5.19. The van der Waals surface area contributed by atoms with Crippen LogP contribution in [0.4, 0.5) is 0 Å². The number of allylic oxidation sites excluding steroid dienone is 3. The summed E-state index contributed by atoms with van der Waals surface area (Å²) in [5.74, 6) is 0.702. The van der Waals surface area contributed by atoms with Gasteiger partial charge in [-0.2, -0.15) is 0 Å². The van der Waals surface area contributed by atoms with Crippen molar-refractivity contribution in [2.24, 2.45) is 0 Å². The lowest BCUT2D eigenvalue weighted by molar-refractivity contribution is 0.104. The number of aromatic hydroxyl groups is 1. The van der Waals surface area contributed by atoms with Crippen LogP contribution < -0.4 is 14.2 Å². The van der Waals surface area contributed by atoms with Crippen LogP contribution in [0.1, 0.15) is 15.9 Å². The molecule has 2 rings (SSSR count). The molecule has 0 saturated heterocycles. The van der Waals surface area contributed by atoms with Crippen LogP contribution in [0.3, 0.4) is 0 Å². The summed E-state index contributed by atoms with van der Waals surface area (Å²) in [5.41, 5.74) is 0.841. The molecule has 0 aromatic heterocycles. The first-order valence-electron chi connectivity index (χ1n) is 7.67. The lowest BCUT2D eigenvalue weighted by atomic mass is 10.1. The van der Waals surface area contributed by atoms with E-state index in [1.807, 2.05) is 12.1 Å². The number of ketones is 1. The Morgan fingerprint density at radius 2 is 1.65 bits per heavy atom. The minimum Gasteiger partial charge on any atom is -0.507 e. The third-order valence-electron chi connectivity index (χ3n) is 3.61. The molecule has 0 heterocycles. The Bertz CT molecular complexity index is 838. The molecule has 6 heteroatoms. The number of carbonyl (C=O) groups excluding carboxylic acids is 1. The molecular formula is C20H19ClO5. The molecule has 1 N–H and O–H groups in total. The van der Waals surface area contributed by atoms with E-state index in [-0.39, 0.29) is 17.1 Å². The van der Waals surface area contributed by atoms with E-state index in [1.54, 1.807) is 25.3 Å². The van der Waals surface area contributed by atoms with Gasteiger partial charge in [-0.05, 0) is 42.0 Å². The largest absolute Gasteiger partial charge is 0.507 e. The van der Waals surface area contributed by atoms with Crippen LogP contribution in [0.2, 0.25) is 0 Å². The Balaban J connectivity index is 2.20. The molecule has 0 bridgehead atoms. The fourth-order valence-electron chi connectivity index (χ4n) is 2.25. The predicted molar refractivity (Wildman–Crippen MR) is 102 cm³/mol. The van der Waals surface area contributed by atoms with E-state index in [0.717, 1.165) is 11.3 Å². The molecule has 0 radical (unpaired) electrons. The zero-order chi connectivity index (χ0) is 19.1.